The number of methoxy groups -OCH3 is 1. The molecule has 0 spiro atoms. The van der Waals surface area contributed by atoms with Gasteiger partial charge in [-0.2, -0.15) is 0 Å². The second-order valence-corrected chi connectivity index (χ2v) is 7.43. The average molecular weight is 416 g/mol. The van der Waals surface area contributed by atoms with E-state index in [1.165, 1.54) is 0 Å². The highest BCUT2D eigenvalue weighted by atomic mass is 35.5. The number of carbonyl (C=O) groups is 2. The fraction of sp³-hybridized carbons (Fsp3) is 0.364. The summed E-state index contributed by atoms with van der Waals surface area (Å²) < 4.78 is 5.08. The molecule has 0 bridgehead atoms. The zero-order valence-corrected chi connectivity index (χ0v) is 17.5. The zero-order chi connectivity index (χ0) is 20.8. The fourth-order valence-electron chi connectivity index (χ4n) is 3.48. The van der Waals surface area contributed by atoms with Crippen molar-refractivity contribution in [2.75, 3.05) is 39.8 Å². The van der Waals surface area contributed by atoms with E-state index in [1.54, 1.807) is 36.3 Å². The molecule has 6 nitrogen and oxygen atoms in total. The van der Waals surface area contributed by atoms with E-state index in [2.05, 4.69) is 17.1 Å². The van der Waals surface area contributed by atoms with Gasteiger partial charge in [0.2, 0.25) is 5.91 Å². The molecule has 3 rings (SSSR count). The Morgan fingerprint density at radius 3 is 2.34 bits per heavy atom. The van der Waals surface area contributed by atoms with Crippen molar-refractivity contribution >= 4 is 23.4 Å². The monoisotopic (exact) mass is 415 g/mol. The summed E-state index contributed by atoms with van der Waals surface area (Å²) in [5.41, 5.74) is 1.60. The van der Waals surface area contributed by atoms with Crippen molar-refractivity contribution in [3.05, 3.63) is 64.7 Å². The topological polar surface area (TPSA) is 61.9 Å². The van der Waals surface area contributed by atoms with E-state index >= 15 is 0 Å². The van der Waals surface area contributed by atoms with E-state index in [4.69, 9.17) is 16.3 Å². The normalized spacial score (nSPS) is 15.6. The number of nitrogens with one attached hydrogen (secondary N) is 1. The summed E-state index contributed by atoms with van der Waals surface area (Å²) in [6.07, 6.45) is 0. The van der Waals surface area contributed by atoms with Gasteiger partial charge in [-0.25, -0.2) is 0 Å². The molecule has 0 aliphatic carbocycles. The number of halogens is 1. The Bertz CT molecular complexity index is 849. The van der Waals surface area contributed by atoms with Crippen LogP contribution in [0, 0.1) is 0 Å². The zero-order valence-electron chi connectivity index (χ0n) is 16.7. The van der Waals surface area contributed by atoms with Gasteiger partial charge in [0.05, 0.1) is 13.7 Å². The molecule has 0 saturated carbocycles. The molecule has 2 amide bonds. The summed E-state index contributed by atoms with van der Waals surface area (Å²) in [7, 11) is 1.57. The number of nitrogens with zero attached hydrogens (tertiary/aromatic N) is 2. The molecule has 1 saturated heterocycles. The predicted molar refractivity (Wildman–Crippen MR) is 113 cm³/mol. The molecule has 0 radical (unpaired) electrons. The number of benzene rings is 2. The van der Waals surface area contributed by atoms with Crippen LogP contribution < -0.4 is 10.1 Å². The minimum Gasteiger partial charge on any atom is -0.497 e. The van der Waals surface area contributed by atoms with Crippen LogP contribution in [-0.2, 0) is 4.79 Å². The van der Waals surface area contributed by atoms with Crippen LogP contribution >= 0.6 is 11.6 Å². The number of ether oxygens (including phenoxy) is 1. The summed E-state index contributed by atoms with van der Waals surface area (Å²) in [5.74, 6) is 0.338. The number of rotatable bonds is 6. The first-order valence-electron chi connectivity index (χ1n) is 9.68. The lowest BCUT2D eigenvalue weighted by atomic mass is 10.1. The minimum absolute atomic E-state index is 0.00900. The number of hydrogen-bond donors (Lipinski definition) is 1. The fourth-order valence-corrected chi connectivity index (χ4v) is 3.78. The molecule has 1 aliphatic heterocycles. The van der Waals surface area contributed by atoms with E-state index in [9.17, 15) is 9.59 Å². The smallest absolute Gasteiger partial charge is 0.251 e. The SMILES string of the molecule is COc1ccc(C(=O)NCC(=O)N2CCN(C(C)c3ccccc3Cl)CC2)cc1. The maximum atomic E-state index is 12.5. The molecular weight excluding hydrogens is 390 g/mol. The quantitative estimate of drug-likeness (QED) is 0.787. The molecule has 7 heteroatoms. The summed E-state index contributed by atoms with van der Waals surface area (Å²) >= 11 is 6.32. The van der Waals surface area contributed by atoms with Crippen LogP contribution in [-0.4, -0.2) is 61.4 Å². The Balaban J connectivity index is 1.47. The summed E-state index contributed by atoms with van der Waals surface area (Å²) in [5, 5.41) is 3.46. The van der Waals surface area contributed by atoms with Crippen LogP contribution in [0.5, 0.6) is 5.75 Å². The van der Waals surface area contributed by atoms with Gasteiger partial charge >= 0.3 is 0 Å². The van der Waals surface area contributed by atoms with Crippen LogP contribution in [0.3, 0.4) is 0 Å². The van der Waals surface area contributed by atoms with Crippen molar-refractivity contribution in [1.82, 2.24) is 15.1 Å². The molecular formula is C22H26ClN3O3. The van der Waals surface area contributed by atoms with Crippen molar-refractivity contribution < 1.29 is 14.3 Å². The number of piperazine rings is 1. The first-order valence-corrected chi connectivity index (χ1v) is 10.1. The average Bonchev–Trinajstić information content (AvgIpc) is 2.77. The van der Waals surface area contributed by atoms with Crippen molar-refractivity contribution in [2.24, 2.45) is 0 Å². The van der Waals surface area contributed by atoms with Gasteiger partial charge in [-0.05, 0) is 42.8 Å². The molecule has 1 heterocycles. The lowest BCUT2D eigenvalue weighted by Crippen LogP contribution is -2.51. The first kappa shape index (κ1) is 21.1. The van der Waals surface area contributed by atoms with E-state index < -0.39 is 0 Å². The molecule has 154 valence electrons. The van der Waals surface area contributed by atoms with Crippen LogP contribution in [0.2, 0.25) is 5.02 Å². The van der Waals surface area contributed by atoms with E-state index in [0.29, 0.717) is 24.4 Å². The molecule has 1 atom stereocenters. The third-order valence-electron chi connectivity index (χ3n) is 5.32. The first-order chi connectivity index (χ1) is 14.0. The maximum absolute atomic E-state index is 12.5. The van der Waals surface area contributed by atoms with Gasteiger partial charge < -0.3 is 15.0 Å². The molecule has 2 aromatic rings. The minimum atomic E-state index is -0.271. The van der Waals surface area contributed by atoms with Gasteiger partial charge in [-0.15, -0.1) is 0 Å². The van der Waals surface area contributed by atoms with E-state index in [1.807, 2.05) is 24.3 Å². The van der Waals surface area contributed by atoms with Gasteiger partial charge in [0.25, 0.3) is 5.91 Å². The molecule has 1 aliphatic rings. The Hall–Kier alpha value is -2.57. The van der Waals surface area contributed by atoms with Gasteiger partial charge in [0, 0.05) is 42.8 Å². The van der Waals surface area contributed by atoms with Gasteiger partial charge in [0.15, 0.2) is 0 Å². The standard InChI is InChI=1S/C22H26ClN3O3/c1-16(19-5-3-4-6-20(19)23)25-11-13-26(14-12-25)21(27)15-24-22(28)17-7-9-18(29-2)10-8-17/h3-10,16H,11-15H2,1-2H3,(H,24,28). The third kappa shape index (κ3) is 5.28. The summed E-state index contributed by atoms with van der Waals surface area (Å²) in [6.45, 7) is 4.92. The van der Waals surface area contributed by atoms with Crippen molar-refractivity contribution in [3.63, 3.8) is 0 Å². The van der Waals surface area contributed by atoms with Crippen molar-refractivity contribution in [2.45, 2.75) is 13.0 Å². The maximum Gasteiger partial charge on any atom is 0.251 e. The second kappa shape index (κ2) is 9.76. The Labute approximate surface area is 176 Å². The molecule has 1 fully saturated rings. The lowest BCUT2D eigenvalue weighted by molar-refractivity contribution is -0.132. The Morgan fingerprint density at radius 1 is 1.07 bits per heavy atom. The second-order valence-electron chi connectivity index (χ2n) is 7.03. The number of hydrogen-bond acceptors (Lipinski definition) is 4. The Kier molecular flexibility index (Phi) is 7.12. The highest BCUT2D eigenvalue weighted by Crippen LogP contribution is 2.27. The highest BCUT2D eigenvalue weighted by Gasteiger charge is 2.25. The molecule has 0 aromatic heterocycles. The number of carbonyl (C=O) groups excluding carboxylic acids is 2. The van der Waals surface area contributed by atoms with E-state index in [0.717, 1.165) is 23.7 Å². The third-order valence-corrected chi connectivity index (χ3v) is 5.67. The van der Waals surface area contributed by atoms with E-state index in [-0.39, 0.29) is 24.4 Å². The highest BCUT2D eigenvalue weighted by molar-refractivity contribution is 6.31. The molecule has 1 unspecified atom stereocenters. The molecule has 1 N–H and O–H groups in total. The Morgan fingerprint density at radius 2 is 1.72 bits per heavy atom. The predicted octanol–water partition coefficient (Wildman–Crippen LogP) is 2.98. The van der Waals surface area contributed by atoms with Gasteiger partial charge in [-0.3, -0.25) is 14.5 Å². The van der Waals surface area contributed by atoms with Crippen molar-refractivity contribution in [1.29, 1.82) is 0 Å². The summed E-state index contributed by atoms with van der Waals surface area (Å²) in [6, 6.07) is 14.8. The van der Waals surface area contributed by atoms with Crippen LogP contribution in [0.25, 0.3) is 0 Å². The van der Waals surface area contributed by atoms with Crippen molar-refractivity contribution in [3.8, 4) is 5.75 Å². The largest absolute Gasteiger partial charge is 0.497 e. The van der Waals surface area contributed by atoms with Crippen LogP contribution in [0.4, 0.5) is 0 Å². The van der Waals surface area contributed by atoms with Crippen LogP contribution in [0.1, 0.15) is 28.9 Å². The molecule has 2 aromatic carbocycles. The molecule has 29 heavy (non-hydrogen) atoms. The lowest BCUT2D eigenvalue weighted by Gasteiger charge is -2.38. The van der Waals surface area contributed by atoms with Gasteiger partial charge in [-0.1, -0.05) is 29.8 Å². The van der Waals surface area contributed by atoms with Crippen LogP contribution in [0.15, 0.2) is 48.5 Å². The summed E-state index contributed by atoms with van der Waals surface area (Å²) in [4.78, 5) is 28.8. The number of amides is 2. The van der Waals surface area contributed by atoms with Gasteiger partial charge in [0.1, 0.15) is 5.75 Å².